The van der Waals surface area contributed by atoms with Gasteiger partial charge in [0.25, 0.3) is 0 Å². The number of hydrogen-bond acceptors (Lipinski definition) is 8. The molecule has 0 saturated carbocycles. The van der Waals surface area contributed by atoms with E-state index in [1.807, 2.05) is 0 Å². The maximum atomic E-state index is 11.2. The molecular formula is C18H17N5O4. The lowest BCUT2D eigenvalue weighted by atomic mass is 10.2. The summed E-state index contributed by atoms with van der Waals surface area (Å²) >= 11 is 0. The highest BCUT2D eigenvalue weighted by atomic mass is 16.5. The molecule has 1 amide bonds. The number of anilines is 1. The van der Waals surface area contributed by atoms with Crippen molar-refractivity contribution in [3.63, 3.8) is 0 Å². The Morgan fingerprint density at radius 2 is 1.85 bits per heavy atom. The molecule has 0 bridgehead atoms. The molecule has 138 valence electrons. The van der Waals surface area contributed by atoms with E-state index in [9.17, 15) is 4.79 Å². The highest BCUT2D eigenvalue weighted by Crippen LogP contribution is 2.34. The Morgan fingerprint density at radius 3 is 2.59 bits per heavy atom. The van der Waals surface area contributed by atoms with Gasteiger partial charge in [-0.3, -0.25) is 4.79 Å². The van der Waals surface area contributed by atoms with Gasteiger partial charge in [-0.05, 0) is 12.1 Å². The number of methoxy groups -OCH3 is 2. The molecule has 0 fully saturated rings. The van der Waals surface area contributed by atoms with E-state index < -0.39 is 0 Å². The molecule has 9 nitrogen and oxygen atoms in total. The Bertz CT molecular complexity index is 964. The Balaban J connectivity index is 1.97. The van der Waals surface area contributed by atoms with Gasteiger partial charge in [0.15, 0.2) is 0 Å². The number of aromatic nitrogens is 4. The summed E-state index contributed by atoms with van der Waals surface area (Å²) in [5, 5.41) is 2.70. The second-order valence-corrected chi connectivity index (χ2v) is 5.30. The summed E-state index contributed by atoms with van der Waals surface area (Å²) in [5.41, 5.74) is 1.51. The number of ether oxygens (including phenoxy) is 3. The first kappa shape index (κ1) is 18.1. The molecule has 0 spiro atoms. The number of nitrogens with zero attached hydrogens (tertiary/aromatic N) is 4. The Hall–Kier alpha value is -3.75. The van der Waals surface area contributed by atoms with Gasteiger partial charge in [0.1, 0.15) is 11.4 Å². The van der Waals surface area contributed by atoms with Gasteiger partial charge in [-0.15, -0.1) is 0 Å². The van der Waals surface area contributed by atoms with Crippen molar-refractivity contribution in [1.82, 2.24) is 19.9 Å². The van der Waals surface area contributed by atoms with E-state index in [0.717, 1.165) is 0 Å². The zero-order valence-corrected chi connectivity index (χ0v) is 15.0. The van der Waals surface area contributed by atoms with Crippen molar-refractivity contribution >= 4 is 11.6 Å². The highest BCUT2D eigenvalue weighted by molar-refractivity contribution is 5.88. The summed E-state index contributed by atoms with van der Waals surface area (Å²) in [4.78, 5) is 28.0. The minimum Gasteiger partial charge on any atom is -0.480 e. The fourth-order valence-electron chi connectivity index (χ4n) is 2.30. The van der Waals surface area contributed by atoms with Crippen molar-refractivity contribution in [2.45, 2.75) is 6.92 Å². The molecule has 2 aromatic heterocycles. The van der Waals surface area contributed by atoms with Gasteiger partial charge < -0.3 is 19.5 Å². The molecule has 27 heavy (non-hydrogen) atoms. The average Bonchev–Trinajstić information content (AvgIpc) is 2.68. The first-order chi connectivity index (χ1) is 13.1. The molecule has 0 radical (unpaired) electrons. The van der Waals surface area contributed by atoms with Crippen molar-refractivity contribution in [2.75, 3.05) is 19.5 Å². The molecule has 2 heterocycles. The van der Waals surface area contributed by atoms with Crippen LogP contribution in [0.2, 0.25) is 0 Å². The maximum absolute atomic E-state index is 11.2. The van der Waals surface area contributed by atoms with Crippen LogP contribution >= 0.6 is 0 Å². The van der Waals surface area contributed by atoms with Gasteiger partial charge in [-0.25, -0.2) is 15.0 Å². The number of amides is 1. The maximum Gasteiger partial charge on any atom is 0.319 e. The third-order valence-electron chi connectivity index (χ3n) is 3.40. The van der Waals surface area contributed by atoms with Crippen LogP contribution in [0.5, 0.6) is 23.5 Å². The Labute approximate surface area is 155 Å². The number of carbonyl (C=O) groups is 1. The molecule has 3 rings (SSSR count). The van der Waals surface area contributed by atoms with Gasteiger partial charge in [0.2, 0.25) is 17.7 Å². The molecule has 0 aliphatic heterocycles. The van der Waals surface area contributed by atoms with Gasteiger partial charge in [0, 0.05) is 37.3 Å². The molecule has 1 N–H and O–H groups in total. The smallest absolute Gasteiger partial charge is 0.319 e. The summed E-state index contributed by atoms with van der Waals surface area (Å²) in [6.07, 6.45) is 4.56. The number of rotatable bonds is 6. The van der Waals surface area contributed by atoms with Crippen LogP contribution in [0.25, 0.3) is 11.3 Å². The number of carbonyl (C=O) groups excluding carboxylic acids is 1. The predicted molar refractivity (Wildman–Crippen MR) is 97.0 cm³/mol. The Kier molecular flexibility index (Phi) is 5.41. The molecule has 1 aromatic carbocycles. The minimum absolute atomic E-state index is 0.171. The quantitative estimate of drug-likeness (QED) is 0.708. The standard InChI is InChI=1S/C18H17N5O4/c1-11(24)22-12-5-4-6-13(9-12)27-17-15(19-7-8-20-17)14-10-21-18(26-3)23-16(14)25-2/h4-10H,1-3H3,(H,22,24). The normalized spacial score (nSPS) is 10.2. The summed E-state index contributed by atoms with van der Waals surface area (Å²) in [6, 6.07) is 7.11. The van der Waals surface area contributed by atoms with Crippen LogP contribution in [0.1, 0.15) is 6.92 Å². The molecule has 0 aliphatic rings. The van der Waals surface area contributed by atoms with Crippen LogP contribution in [0.4, 0.5) is 5.69 Å². The van der Waals surface area contributed by atoms with Gasteiger partial charge in [0.05, 0.1) is 19.8 Å². The van der Waals surface area contributed by atoms with Gasteiger partial charge in [-0.1, -0.05) is 6.07 Å². The van der Waals surface area contributed by atoms with Crippen molar-refractivity contribution in [3.8, 4) is 34.8 Å². The average molecular weight is 367 g/mol. The molecule has 0 unspecified atom stereocenters. The zero-order chi connectivity index (χ0) is 19.2. The van der Waals surface area contributed by atoms with E-state index in [0.29, 0.717) is 22.7 Å². The molecular weight excluding hydrogens is 350 g/mol. The highest BCUT2D eigenvalue weighted by Gasteiger charge is 2.18. The summed E-state index contributed by atoms with van der Waals surface area (Å²) in [6.45, 7) is 1.43. The van der Waals surface area contributed by atoms with Crippen LogP contribution in [0.3, 0.4) is 0 Å². The van der Waals surface area contributed by atoms with Gasteiger partial charge in [-0.2, -0.15) is 4.98 Å². The van der Waals surface area contributed by atoms with E-state index >= 15 is 0 Å². The number of benzene rings is 1. The van der Waals surface area contributed by atoms with Crippen molar-refractivity contribution in [2.24, 2.45) is 0 Å². The minimum atomic E-state index is -0.174. The van der Waals surface area contributed by atoms with Crippen LogP contribution in [-0.4, -0.2) is 40.1 Å². The third kappa shape index (κ3) is 4.27. The lowest BCUT2D eigenvalue weighted by Crippen LogP contribution is -2.05. The van der Waals surface area contributed by atoms with Crippen LogP contribution in [0, 0.1) is 0 Å². The SMILES string of the molecule is COc1ncc(-c2nccnc2Oc2cccc(NC(C)=O)c2)c(OC)n1. The summed E-state index contributed by atoms with van der Waals surface area (Å²) in [5.74, 6) is 0.826. The van der Waals surface area contributed by atoms with E-state index in [2.05, 4.69) is 25.3 Å². The topological polar surface area (TPSA) is 108 Å². The van der Waals surface area contributed by atoms with E-state index in [1.54, 1.807) is 24.3 Å². The lowest BCUT2D eigenvalue weighted by Gasteiger charge is -2.12. The summed E-state index contributed by atoms with van der Waals surface area (Å²) < 4.78 is 16.2. The molecule has 9 heteroatoms. The van der Waals surface area contributed by atoms with Gasteiger partial charge >= 0.3 is 6.01 Å². The second-order valence-electron chi connectivity index (χ2n) is 5.30. The largest absolute Gasteiger partial charge is 0.480 e. The predicted octanol–water partition coefficient (Wildman–Crippen LogP) is 2.70. The fraction of sp³-hybridized carbons (Fsp3) is 0.167. The first-order valence-electron chi connectivity index (χ1n) is 7.92. The monoisotopic (exact) mass is 367 g/mol. The van der Waals surface area contributed by atoms with Crippen molar-refractivity contribution in [3.05, 3.63) is 42.9 Å². The van der Waals surface area contributed by atoms with Crippen molar-refractivity contribution < 1.29 is 19.0 Å². The lowest BCUT2D eigenvalue weighted by molar-refractivity contribution is -0.114. The third-order valence-corrected chi connectivity index (χ3v) is 3.40. The van der Waals surface area contributed by atoms with E-state index in [1.165, 1.54) is 39.7 Å². The first-order valence-corrected chi connectivity index (χ1v) is 7.92. The Morgan fingerprint density at radius 1 is 1.04 bits per heavy atom. The number of hydrogen-bond donors (Lipinski definition) is 1. The van der Waals surface area contributed by atoms with Crippen LogP contribution < -0.4 is 19.5 Å². The molecule has 3 aromatic rings. The zero-order valence-electron chi connectivity index (χ0n) is 15.0. The molecule has 0 atom stereocenters. The summed E-state index contributed by atoms with van der Waals surface area (Å²) in [7, 11) is 2.95. The second kappa shape index (κ2) is 8.09. The van der Waals surface area contributed by atoms with Crippen LogP contribution in [-0.2, 0) is 4.79 Å². The molecule has 0 aliphatic carbocycles. The number of nitrogens with one attached hydrogen (secondary N) is 1. The van der Waals surface area contributed by atoms with Crippen molar-refractivity contribution in [1.29, 1.82) is 0 Å². The van der Waals surface area contributed by atoms with E-state index in [4.69, 9.17) is 14.2 Å². The van der Waals surface area contributed by atoms with Crippen LogP contribution in [0.15, 0.2) is 42.9 Å². The van der Waals surface area contributed by atoms with E-state index in [-0.39, 0.29) is 23.7 Å². The molecule has 0 saturated heterocycles. The fourth-order valence-corrected chi connectivity index (χ4v) is 2.30.